The fraction of sp³-hybridized carbons (Fsp3) is 0.364. The van der Waals surface area contributed by atoms with Crippen molar-refractivity contribution < 1.29 is 9.18 Å². The quantitative estimate of drug-likeness (QED) is 0.774. The normalized spacial score (nSPS) is 10.2. The summed E-state index contributed by atoms with van der Waals surface area (Å²) in [5.74, 6) is -0.422. The summed E-state index contributed by atoms with van der Waals surface area (Å²) in [5, 5.41) is 5.06. The van der Waals surface area contributed by atoms with E-state index < -0.39 is 11.8 Å². The molecule has 15 heavy (non-hydrogen) atoms. The van der Waals surface area contributed by atoms with Crippen molar-refractivity contribution in [2.75, 3.05) is 5.32 Å². The Hall–Kier alpha value is -1.58. The average molecular weight is 210 g/mol. The van der Waals surface area contributed by atoms with Crippen LogP contribution in [0, 0.1) is 12.7 Å². The fourth-order valence-corrected chi connectivity index (χ4v) is 1.14. The maximum Gasteiger partial charge on any atom is 0.319 e. The molecule has 0 heterocycles. The van der Waals surface area contributed by atoms with Crippen LogP contribution in [0.1, 0.15) is 19.4 Å². The number of carbonyl (C=O) groups excluding carboxylic acids is 1. The van der Waals surface area contributed by atoms with Crippen molar-refractivity contribution in [2.45, 2.75) is 26.8 Å². The lowest BCUT2D eigenvalue weighted by Gasteiger charge is -2.10. The molecule has 2 amide bonds. The van der Waals surface area contributed by atoms with Gasteiger partial charge in [0.2, 0.25) is 0 Å². The van der Waals surface area contributed by atoms with E-state index in [0.717, 1.165) is 5.56 Å². The second kappa shape index (κ2) is 4.77. The summed E-state index contributed by atoms with van der Waals surface area (Å²) >= 11 is 0. The van der Waals surface area contributed by atoms with Crippen LogP contribution in [0.15, 0.2) is 18.2 Å². The topological polar surface area (TPSA) is 41.1 Å². The van der Waals surface area contributed by atoms with E-state index in [0.29, 0.717) is 0 Å². The molecular weight excluding hydrogens is 195 g/mol. The molecule has 0 saturated carbocycles. The highest BCUT2D eigenvalue weighted by molar-refractivity contribution is 5.89. The molecule has 0 bridgehead atoms. The first-order valence-electron chi connectivity index (χ1n) is 4.82. The van der Waals surface area contributed by atoms with Crippen molar-refractivity contribution in [1.82, 2.24) is 5.32 Å². The number of hydrogen-bond donors (Lipinski definition) is 2. The summed E-state index contributed by atoms with van der Waals surface area (Å²) in [6.45, 7) is 5.47. The SMILES string of the molecule is Cc1ccc(NC(=O)NC(C)C)c(F)c1. The molecule has 0 aliphatic carbocycles. The summed E-state index contributed by atoms with van der Waals surface area (Å²) in [6, 6.07) is 4.30. The third-order valence-electron chi connectivity index (χ3n) is 1.79. The van der Waals surface area contributed by atoms with Gasteiger partial charge in [0, 0.05) is 6.04 Å². The maximum absolute atomic E-state index is 13.3. The van der Waals surface area contributed by atoms with Crippen molar-refractivity contribution in [3.8, 4) is 0 Å². The molecule has 0 aromatic heterocycles. The number of benzene rings is 1. The Morgan fingerprint density at radius 2 is 2.07 bits per heavy atom. The van der Waals surface area contributed by atoms with Gasteiger partial charge in [0.15, 0.2) is 0 Å². The van der Waals surface area contributed by atoms with Gasteiger partial charge < -0.3 is 10.6 Å². The number of halogens is 1. The molecule has 0 unspecified atom stereocenters. The molecule has 0 aliphatic rings. The minimum atomic E-state index is -0.422. The predicted molar refractivity (Wildman–Crippen MR) is 58.4 cm³/mol. The Labute approximate surface area is 88.7 Å². The van der Waals surface area contributed by atoms with E-state index >= 15 is 0 Å². The monoisotopic (exact) mass is 210 g/mol. The molecule has 0 atom stereocenters. The number of rotatable bonds is 2. The van der Waals surface area contributed by atoms with E-state index in [9.17, 15) is 9.18 Å². The van der Waals surface area contributed by atoms with Crippen LogP contribution >= 0.6 is 0 Å². The molecule has 1 aromatic carbocycles. The number of amides is 2. The van der Waals surface area contributed by atoms with Gasteiger partial charge in [0.25, 0.3) is 0 Å². The van der Waals surface area contributed by atoms with E-state index in [1.54, 1.807) is 19.1 Å². The highest BCUT2D eigenvalue weighted by atomic mass is 19.1. The fourth-order valence-electron chi connectivity index (χ4n) is 1.14. The molecule has 82 valence electrons. The summed E-state index contributed by atoms with van der Waals surface area (Å²) in [6.07, 6.45) is 0. The molecular formula is C11H15FN2O. The molecule has 0 fully saturated rings. The first-order valence-corrected chi connectivity index (χ1v) is 4.82. The Kier molecular flexibility index (Phi) is 3.66. The first kappa shape index (κ1) is 11.5. The number of anilines is 1. The Bertz CT molecular complexity index is 364. The van der Waals surface area contributed by atoms with Crippen LogP contribution in [0.4, 0.5) is 14.9 Å². The van der Waals surface area contributed by atoms with Crippen LogP contribution in [-0.4, -0.2) is 12.1 Å². The third kappa shape index (κ3) is 3.58. The molecule has 1 aromatic rings. The van der Waals surface area contributed by atoms with E-state index in [-0.39, 0.29) is 11.7 Å². The lowest BCUT2D eigenvalue weighted by Crippen LogP contribution is -2.34. The number of aryl methyl sites for hydroxylation is 1. The van der Waals surface area contributed by atoms with Crippen LogP contribution < -0.4 is 10.6 Å². The highest BCUT2D eigenvalue weighted by Gasteiger charge is 2.07. The predicted octanol–water partition coefficient (Wildman–Crippen LogP) is 2.66. The van der Waals surface area contributed by atoms with Crippen molar-refractivity contribution in [3.05, 3.63) is 29.6 Å². The molecule has 0 saturated heterocycles. The maximum atomic E-state index is 13.3. The van der Waals surface area contributed by atoms with Crippen LogP contribution in [0.2, 0.25) is 0 Å². The Balaban J connectivity index is 2.68. The van der Waals surface area contributed by atoms with Gasteiger partial charge in [-0.3, -0.25) is 0 Å². The second-order valence-corrected chi connectivity index (χ2v) is 3.74. The van der Waals surface area contributed by atoms with Gasteiger partial charge in [-0.1, -0.05) is 6.07 Å². The largest absolute Gasteiger partial charge is 0.336 e. The van der Waals surface area contributed by atoms with Gasteiger partial charge in [-0.2, -0.15) is 0 Å². The van der Waals surface area contributed by atoms with Gasteiger partial charge >= 0.3 is 6.03 Å². The van der Waals surface area contributed by atoms with Gasteiger partial charge in [0.1, 0.15) is 5.82 Å². The van der Waals surface area contributed by atoms with Gasteiger partial charge in [-0.15, -0.1) is 0 Å². The molecule has 1 rings (SSSR count). The summed E-state index contributed by atoms with van der Waals surface area (Å²) < 4.78 is 13.3. The van der Waals surface area contributed by atoms with Crippen LogP contribution in [0.25, 0.3) is 0 Å². The zero-order valence-electron chi connectivity index (χ0n) is 9.10. The molecule has 3 nitrogen and oxygen atoms in total. The van der Waals surface area contributed by atoms with E-state index in [1.807, 2.05) is 13.8 Å². The minimum Gasteiger partial charge on any atom is -0.336 e. The number of urea groups is 1. The zero-order chi connectivity index (χ0) is 11.4. The first-order chi connectivity index (χ1) is 6.99. The standard InChI is InChI=1S/C11H15FN2O/c1-7(2)13-11(15)14-10-5-4-8(3)6-9(10)12/h4-7H,1-3H3,(H2,13,14,15). The highest BCUT2D eigenvalue weighted by Crippen LogP contribution is 2.14. The van der Waals surface area contributed by atoms with E-state index in [2.05, 4.69) is 10.6 Å². The summed E-state index contributed by atoms with van der Waals surface area (Å²) in [4.78, 5) is 11.3. The van der Waals surface area contributed by atoms with E-state index in [1.165, 1.54) is 6.07 Å². The van der Waals surface area contributed by atoms with Crippen molar-refractivity contribution in [1.29, 1.82) is 0 Å². The lowest BCUT2D eigenvalue weighted by atomic mass is 10.2. The second-order valence-electron chi connectivity index (χ2n) is 3.74. The number of nitrogens with one attached hydrogen (secondary N) is 2. The number of hydrogen-bond acceptors (Lipinski definition) is 1. The van der Waals surface area contributed by atoms with Crippen molar-refractivity contribution in [2.24, 2.45) is 0 Å². The minimum absolute atomic E-state index is 0.0264. The van der Waals surface area contributed by atoms with Crippen molar-refractivity contribution in [3.63, 3.8) is 0 Å². The number of carbonyl (C=O) groups is 1. The summed E-state index contributed by atoms with van der Waals surface area (Å²) in [7, 11) is 0. The van der Waals surface area contributed by atoms with Crippen LogP contribution in [-0.2, 0) is 0 Å². The van der Waals surface area contributed by atoms with E-state index in [4.69, 9.17) is 0 Å². The van der Waals surface area contributed by atoms with Gasteiger partial charge in [-0.25, -0.2) is 9.18 Å². The Morgan fingerprint density at radius 1 is 1.40 bits per heavy atom. The molecule has 0 aliphatic heterocycles. The lowest BCUT2D eigenvalue weighted by molar-refractivity contribution is 0.250. The third-order valence-corrected chi connectivity index (χ3v) is 1.79. The van der Waals surface area contributed by atoms with Gasteiger partial charge in [-0.05, 0) is 38.5 Å². The van der Waals surface area contributed by atoms with Crippen LogP contribution in [0.3, 0.4) is 0 Å². The molecule has 0 spiro atoms. The summed E-state index contributed by atoms with van der Waals surface area (Å²) in [5.41, 5.74) is 1.01. The molecule has 4 heteroatoms. The van der Waals surface area contributed by atoms with Crippen LogP contribution in [0.5, 0.6) is 0 Å². The average Bonchev–Trinajstić information content (AvgIpc) is 2.08. The van der Waals surface area contributed by atoms with Crippen molar-refractivity contribution >= 4 is 11.7 Å². The molecule has 0 radical (unpaired) electrons. The Morgan fingerprint density at radius 3 is 2.60 bits per heavy atom. The van der Waals surface area contributed by atoms with Gasteiger partial charge in [0.05, 0.1) is 5.69 Å². The zero-order valence-corrected chi connectivity index (χ0v) is 9.10. The molecule has 2 N–H and O–H groups in total. The smallest absolute Gasteiger partial charge is 0.319 e.